The van der Waals surface area contributed by atoms with Gasteiger partial charge in [0.15, 0.2) is 0 Å². The normalized spacial score (nSPS) is 24.7. The standard InChI is InChI=1S/C17H17FN2O4/c18-13-8-11(12-2-4-15(22)19-17(12)24)1-3-14(13)20-6-5-10(9-21)7-16(20)23/h1,3,8-10,12H,2,4-7H2,(H,19,22,24). The first kappa shape index (κ1) is 16.3. The smallest absolute Gasteiger partial charge is 0.234 e. The van der Waals surface area contributed by atoms with E-state index in [1.54, 1.807) is 6.07 Å². The summed E-state index contributed by atoms with van der Waals surface area (Å²) >= 11 is 0. The van der Waals surface area contributed by atoms with Gasteiger partial charge in [-0.3, -0.25) is 19.7 Å². The second kappa shape index (κ2) is 6.51. The van der Waals surface area contributed by atoms with Gasteiger partial charge in [0.05, 0.1) is 11.6 Å². The Morgan fingerprint density at radius 2 is 2.00 bits per heavy atom. The van der Waals surface area contributed by atoms with Crippen molar-refractivity contribution in [2.75, 3.05) is 11.4 Å². The molecule has 2 aliphatic heterocycles. The van der Waals surface area contributed by atoms with Gasteiger partial charge in [-0.15, -0.1) is 0 Å². The molecule has 0 aromatic heterocycles. The second-order valence-electron chi connectivity index (χ2n) is 6.15. The summed E-state index contributed by atoms with van der Waals surface area (Å²) < 4.78 is 14.5. The molecular formula is C17H17FN2O4. The molecule has 3 rings (SSSR count). The highest BCUT2D eigenvalue weighted by Crippen LogP contribution is 2.31. The number of benzene rings is 1. The fraction of sp³-hybridized carbons (Fsp3) is 0.412. The van der Waals surface area contributed by atoms with Gasteiger partial charge >= 0.3 is 0 Å². The highest BCUT2D eigenvalue weighted by atomic mass is 19.1. The summed E-state index contributed by atoms with van der Waals surface area (Å²) in [6.07, 6.45) is 1.91. The molecule has 0 aliphatic carbocycles. The Morgan fingerprint density at radius 1 is 1.21 bits per heavy atom. The summed E-state index contributed by atoms with van der Waals surface area (Å²) in [5.74, 6) is -2.50. The Balaban J connectivity index is 1.80. The van der Waals surface area contributed by atoms with E-state index in [1.807, 2.05) is 0 Å². The SMILES string of the molecule is O=CC1CCN(c2ccc(C3CCC(=O)NC3=O)cc2F)C(=O)C1. The van der Waals surface area contributed by atoms with Crippen molar-refractivity contribution in [1.82, 2.24) is 5.32 Å². The Morgan fingerprint density at radius 3 is 2.62 bits per heavy atom. The van der Waals surface area contributed by atoms with E-state index in [2.05, 4.69) is 5.32 Å². The first-order chi connectivity index (χ1) is 11.5. The molecule has 0 bridgehead atoms. The molecule has 2 saturated heterocycles. The molecule has 2 fully saturated rings. The quantitative estimate of drug-likeness (QED) is 0.668. The van der Waals surface area contributed by atoms with Crippen LogP contribution in [0.5, 0.6) is 0 Å². The van der Waals surface area contributed by atoms with Crippen molar-refractivity contribution in [3.63, 3.8) is 0 Å². The number of nitrogens with one attached hydrogen (secondary N) is 1. The molecule has 3 amide bonds. The maximum atomic E-state index is 14.5. The third-order valence-corrected chi connectivity index (χ3v) is 4.56. The first-order valence-corrected chi connectivity index (χ1v) is 7.88. The van der Waals surface area contributed by atoms with Gasteiger partial charge in [0, 0.05) is 25.3 Å². The van der Waals surface area contributed by atoms with Crippen LogP contribution in [0.4, 0.5) is 10.1 Å². The highest BCUT2D eigenvalue weighted by molar-refractivity contribution is 6.01. The van der Waals surface area contributed by atoms with Gasteiger partial charge < -0.3 is 9.69 Å². The summed E-state index contributed by atoms with van der Waals surface area (Å²) in [5.41, 5.74) is 0.636. The fourth-order valence-corrected chi connectivity index (χ4v) is 3.20. The molecular weight excluding hydrogens is 315 g/mol. The first-order valence-electron chi connectivity index (χ1n) is 7.88. The van der Waals surface area contributed by atoms with Crippen LogP contribution in [0.3, 0.4) is 0 Å². The summed E-state index contributed by atoms with van der Waals surface area (Å²) in [4.78, 5) is 47.3. The van der Waals surface area contributed by atoms with E-state index in [0.717, 1.165) is 6.29 Å². The molecule has 1 aromatic rings. The van der Waals surface area contributed by atoms with Gasteiger partial charge in [-0.1, -0.05) is 6.07 Å². The molecule has 2 unspecified atom stereocenters. The molecule has 0 saturated carbocycles. The maximum Gasteiger partial charge on any atom is 0.234 e. The predicted molar refractivity (Wildman–Crippen MR) is 82.7 cm³/mol. The third kappa shape index (κ3) is 3.06. The largest absolute Gasteiger partial charge is 0.310 e. The maximum absolute atomic E-state index is 14.5. The molecule has 1 N–H and O–H groups in total. The van der Waals surface area contributed by atoms with Crippen molar-refractivity contribution < 1.29 is 23.6 Å². The molecule has 24 heavy (non-hydrogen) atoms. The zero-order valence-electron chi connectivity index (χ0n) is 13.0. The molecule has 7 heteroatoms. The van der Waals surface area contributed by atoms with E-state index in [1.165, 1.54) is 17.0 Å². The number of piperidine rings is 2. The Bertz CT molecular complexity index is 719. The van der Waals surface area contributed by atoms with Gasteiger partial charge in [-0.05, 0) is 30.5 Å². The topological polar surface area (TPSA) is 83.6 Å². The van der Waals surface area contributed by atoms with E-state index in [9.17, 15) is 23.6 Å². The van der Waals surface area contributed by atoms with Gasteiger partial charge in [0.2, 0.25) is 17.7 Å². The summed E-state index contributed by atoms with van der Waals surface area (Å²) in [7, 11) is 0. The van der Waals surface area contributed by atoms with E-state index >= 15 is 0 Å². The number of hydrogen-bond acceptors (Lipinski definition) is 4. The lowest BCUT2D eigenvalue weighted by Gasteiger charge is -2.30. The average Bonchev–Trinajstić information content (AvgIpc) is 2.55. The van der Waals surface area contributed by atoms with Gasteiger partial charge in [-0.25, -0.2) is 4.39 Å². The van der Waals surface area contributed by atoms with Crippen LogP contribution in [0.1, 0.15) is 37.2 Å². The van der Waals surface area contributed by atoms with Crippen molar-refractivity contribution in [2.24, 2.45) is 5.92 Å². The number of carbonyl (C=O) groups is 4. The van der Waals surface area contributed by atoms with E-state index in [-0.39, 0.29) is 42.8 Å². The zero-order chi connectivity index (χ0) is 17.3. The predicted octanol–water partition coefficient (Wildman–Crippen LogP) is 1.29. The van der Waals surface area contributed by atoms with Crippen molar-refractivity contribution in [3.05, 3.63) is 29.6 Å². The Hall–Kier alpha value is -2.57. The second-order valence-corrected chi connectivity index (χ2v) is 6.15. The minimum atomic E-state index is -0.588. The van der Waals surface area contributed by atoms with Crippen LogP contribution in [-0.4, -0.2) is 30.6 Å². The Kier molecular flexibility index (Phi) is 4.42. The van der Waals surface area contributed by atoms with Crippen molar-refractivity contribution in [2.45, 2.75) is 31.6 Å². The lowest BCUT2D eigenvalue weighted by molar-refractivity contribution is -0.134. The van der Waals surface area contributed by atoms with Gasteiger partial charge in [0.1, 0.15) is 12.1 Å². The van der Waals surface area contributed by atoms with Crippen LogP contribution in [0, 0.1) is 11.7 Å². The van der Waals surface area contributed by atoms with Gasteiger partial charge in [0.25, 0.3) is 0 Å². The number of carbonyl (C=O) groups excluding carboxylic acids is 4. The Labute approximate surface area is 138 Å². The number of nitrogens with zero attached hydrogens (tertiary/aromatic N) is 1. The van der Waals surface area contributed by atoms with E-state index in [0.29, 0.717) is 18.4 Å². The number of aldehydes is 1. The van der Waals surface area contributed by atoms with Crippen molar-refractivity contribution >= 4 is 29.7 Å². The van der Waals surface area contributed by atoms with Crippen LogP contribution >= 0.6 is 0 Å². The molecule has 2 heterocycles. The number of rotatable bonds is 3. The minimum absolute atomic E-state index is 0.0812. The molecule has 126 valence electrons. The van der Waals surface area contributed by atoms with Crippen LogP contribution in [0.25, 0.3) is 0 Å². The minimum Gasteiger partial charge on any atom is -0.310 e. The summed E-state index contributed by atoms with van der Waals surface area (Å²) in [6, 6.07) is 4.33. The molecule has 0 radical (unpaired) electrons. The number of amides is 3. The van der Waals surface area contributed by atoms with Crippen LogP contribution in [-0.2, 0) is 19.2 Å². The average molecular weight is 332 g/mol. The monoisotopic (exact) mass is 332 g/mol. The third-order valence-electron chi connectivity index (χ3n) is 4.56. The highest BCUT2D eigenvalue weighted by Gasteiger charge is 2.31. The lowest BCUT2D eigenvalue weighted by Crippen LogP contribution is -2.40. The number of hydrogen-bond donors (Lipinski definition) is 1. The van der Waals surface area contributed by atoms with E-state index in [4.69, 9.17) is 0 Å². The molecule has 0 spiro atoms. The van der Waals surface area contributed by atoms with Crippen molar-refractivity contribution in [1.29, 1.82) is 0 Å². The summed E-state index contributed by atoms with van der Waals surface area (Å²) in [6.45, 7) is 0.289. The number of halogens is 1. The lowest BCUT2D eigenvalue weighted by atomic mass is 9.90. The fourth-order valence-electron chi connectivity index (χ4n) is 3.20. The van der Waals surface area contributed by atoms with Crippen molar-refractivity contribution in [3.8, 4) is 0 Å². The molecule has 6 nitrogen and oxygen atoms in total. The van der Waals surface area contributed by atoms with Gasteiger partial charge in [-0.2, -0.15) is 0 Å². The molecule has 2 atom stereocenters. The summed E-state index contributed by atoms with van der Waals surface area (Å²) in [5, 5.41) is 2.25. The van der Waals surface area contributed by atoms with Crippen LogP contribution < -0.4 is 10.2 Å². The number of imide groups is 1. The molecule has 2 aliphatic rings. The number of anilines is 1. The van der Waals surface area contributed by atoms with Crippen LogP contribution in [0.15, 0.2) is 18.2 Å². The molecule has 1 aromatic carbocycles. The zero-order valence-corrected chi connectivity index (χ0v) is 13.0. The van der Waals surface area contributed by atoms with Crippen LogP contribution in [0.2, 0.25) is 0 Å². The van der Waals surface area contributed by atoms with E-state index < -0.39 is 17.6 Å².